The number of hydrogen-bond acceptors (Lipinski definition) is 3. The molecule has 1 atom stereocenters. The molecule has 1 rings (SSSR count). The Labute approximate surface area is 157 Å². The fourth-order valence-corrected chi connectivity index (χ4v) is 2.10. The molecule has 0 fully saturated rings. The standard InChI is InChI=1S/C17H29N3O2.HI/c1-6-7-12-20(4)17(18-3)19-13-14(2)22-16-11-9-8-10-15(16)21-5;/h8-11,14H,6-7,12-13H2,1-5H3,(H,18,19);1H. The SMILES string of the molecule is CCCCN(C)C(=NC)NCC(C)Oc1ccccc1OC.I. The van der Waals surface area contributed by atoms with Gasteiger partial charge in [-0.25, -0.2) is 0 Å². The minimum atomic E-state index is 0. The van der Waals surface area contributed by atoms with E-state index in [1.165, 1.54) is 6.42 Å². The third-order valence-corrected chi connectivity index (χ3v) is 3.37. The van der Waals surface area contributed by atoms with Gasteiger partial charge >= 0.3 is 0 Å². The zero-order valence-corrected chi connectivity index (χ0v) is 17.2. The summed E-state index contributed by atoms with van der Waals surface area (Å²) in [4.78, 5) is 6.44. The molecule has 0 saturated carbocycles. The van der Waals surface area contributed by atoms with Crippen molar-refractivity contribution in [3.63, 3.8) is 0 Å². The second-order valence-corrected chi connectivity index (χ2v) is 5.28. The monoisotopic (exact) mass is 435 g/mol. The first kappa shape index (κ1) is 21.8. The number of rotatable bonds is 8. The zero-order valence-electron chi connectivity index (χ0n) is 14.8. The molecule has 0 heterocycles. The van der Waals surface area contributed by atoms with Crippen LogP contribution in [0.15, 0.2) is 29.3 Å². The molecule has 0 radical (unpaired) electrons. The van der Waals surface area contributed by atoms with E-state index in [9.17, 15) is 0 Å². The molecular formula is C17H30IN3O2. The topological polar surface area (TPSA) is 46.1 Å². The normalized spacial score (nSPS) is 12.1. The maximum Gasteiger partial charge on any atom is 0.193 e. The van der Waals surface area contributed by atoms with E-state index in [2.05, 4.69) is 29.2 Å². The number of methoxy groups -OCH3 is 1. The summed E-state index contributed by atoms with van der Waals surface area (Å²) >= 11 is 0. The lowest BCUT2D eigenvalue weighted by Crippen LogP contribution is -2.43. The molecular weight excluding hydrogens is 405 g/mol. The molecule has 0 amide bonds. The molecule has 0 aromatic heterocycles. The highest BCUT2D eigenvalue weighted by atomic mass is 127. The van der Waals surface area contributed by atoms with Crippen LogP contribution >= 0.6 is 24.0 Å². The summed E-state index contributed by atoms with van der Waals surface area (Å²) in [6.07, 6.45) is 2.34. The maximum absolute atomic E-state index is 5.93. The van der Waals surface area contributed by atoms with Gasteiger partial charge in [0.25, 0.3) is 0 Å². The maximum atomic E-state index is 5.93. The van der Waals surface area contributed by atoms with Crippen LogP contribution < -0.4 is 14.8 Å². The Bertz CT molecular complexity index is 469. The van der Waals surface area contributed by atoms with E-state index in [1.807, 2.05) is 31.2 Å². The summed E-state index contributed by atoms with van der Waals surface area (Å²) in [5.74, 6) is 2.40. The molecule has 0 spiro atoms. The predicted molar refractivity (Wildman–Crippen MR) is 107 cm³/mol. The molecule has 1 aromatic rings. The molecule has 0 aliphatic rings. The van der Waals surface area contributed by atoms with Crippen molar-refractivity contribution in [2.24, 2.45) is 4.99 Å². The minimum absolute atomic E-state index is 0. The van der Waals surface area contributed by atoms with E-state index in [-0.39, 0.29) is 30.1 Å². The van der Waals surface area contributed by atoms with Gasteiger partial charge in [-0.05, 0) is 25.5 Å². The van der Waals surface area contributed by atoms with Crippen molar-refractivity contribution in [2.75, 3.05) is 34.3 Å². The van der Waals surface area contributed by atoms with Crippen LogP contribution in [0.4, 0.5) is 0 Å². The Kier molecular flexibility index (Phi) is 11.6. The van der Waals surface area contributed by atoms with Gasteiger partial charge in [-0.15, -0.1) is 24.0 Å². The number of guanidine groups is 1. The lowest BCUT2D eigenvalue weighted by Gasteiger charge is -2.24. The van der Waals surface area contributed by atoms with Crippen LogP contribution in [0, 0.1) is 0 Å². The number of halogens is 1. The number of para-hydroxylation sites is 2. The zero-order chi connectivity index (χ0) is 16.4. The fourth-order valence-electron chi connectivity index (χ4n) is 2.10. The van der Waals surface area contributed by atoms with Crippen molar-refractivity contribution < 1.29 is 9.47 Å². The van der Waals surface area contributed by atoms with Crippen LogP contribution in [-0.4, -0.2) is 51.3 Å². The van der Waals surface area contributed by atoms with Crippen molar-refractivity contribution in [3.8, 4) is 11.5 Å². The molecule has 0 aliphatic heterocycles. The van der Waals surface area contributed by atoms with Gasteiger partial charge in [0.15, 0.2) is 17.5 Å². The molecule has 132 valence electrons. The Morgan fingerprint density at radius 1 is 1.30 bits per heavy atom. The summed E-state index contributed by atoms with van der Waals surface area (Å²) in [5, 5.41) is 3.35. The van der Waals surface area contributed by atoms with Gasteiger partial charge in [-0.1, -0.05) is 25.5 Å². The van der Waals surface area contributed by atoms with Gasteiger partial charge in [0.05, 0.1) is 13.7 Å². The number of ether oxygens (including phenoxy) is 2. The second-order valence-electron chi connectivity index (χ2n) is 5.28. The summed E-state index contributed by atoms with van der Waals surface area (Å²) in [7, 11) is 5.50. The molecule has 0 bridgehead atoms. The molecule has 0 aliphatic carbocycles. The predicted octanol–water partition coefficient (Wildman–Crippen LogP) is 3.39. The van der Waals surface area contributed by atoms with Gasteiger partial charge in [0, 0.05) is 20.6 Å². The van der Waals surface area contributed by atoms with Crippen LogP contribution in [0.3, 0.4) is 0 Å². The van der Waals surface area contributed by atoms with Crippen LogP contribution in [0.1, 0.15) is 26.7 Å². The Balaban J connectivity index is 0.00000484. The number of nitrogens with one attached hydrogen (secondary N) is 1. The largest absolute Gasteiger partial charge is 0.493 e. The van der Waals surface area contributed by atoms with Crippen LogP contribution in [0.2, 0.25) is 0 Å². The summed E-state index contributed by atoms with van der Waals surface area (Å²) in [6, 6.07) is 7.68. The highest BCUT2D eigenvalue weighted by Gasteiger charge is 2.11. The lowest BCUT2D eigenvalue weighted by atomic mass is 10.3. The van der Waals surface area contributed by atoms with Crippen LogP contribution in [0.5, 0.6) is 11.5 Å². The van der Waals surface area contributed by atoms with E-state index >= 15 is 0 Å². The van der Waals surface area contributed by atoms with Crippen LogP contribution in [-0.2, 0) is 0 Å². The Morgan fingerprint density at radius 3 is 2.52 bits per heavy atom. The van der Waals surface area contributed by atoms with E-state index < -0.39 is 0 Å². The molecule has 23 heavy (non-hydrogen) atoms. The highest BCUT2D eigenvalue weighted by molar-refractivity contribution is 14.0. The van der Waals surface area contributed by atoms with Crippen molar-refractivity contribution in [1.82, 2.24) is 10.2 Å². The third-order valence-electron chi connectivity index (χ3n) is 3.37. The molecule has 6 heteroatoms. The van der Waals surface area contributed by atoms with Crippen LogP contribution in [0.25, 0.3) is 0 Å². The number of unbranched alkanes of at least 4 members (excludes halogenated alkanes) is 1. The van der Waals surface area contributed by atoms with E-state index in [1.54, 1.807) is 14.2 Å². The van der Waals surface area contributed by atoms with Gasteiger partial charge in [0.2, 0.25) is 0 Å². The smallest absolute Gasteiger partial charge is 0.193 e. The summed E-state index contributed by atoms with van der Waals surface area (Å²) in [6.45, 7) is 5.89. The highest BCUT2D eigenvalue weighted by Crippen LogP contribution is 2.26. The molecule has 1 N–H and O–H groups in total. The number of benzene rings is 1. The van der Waals surface area contributed by atoms with Crippen molar-refractivity contribution in [3.05, 3.63) is 24.3 Å². The summed E-state index contributed by atoms with van der Waals surface area (Å²) < 4.78 is 11.2. The quantitative estimate of drug-likeness (QED) is 0.387. The minimum Gasteiger partial charge on any atom is -0.493 e. The molecule has 1 aromatic carbocycles. The first-order valence-corrected chi connectivity index (χ1v) is 7.83. The lowest BCUT2D eigenvalue weighted by molar-refractivity contribution is 0.212. The fraction of sp³-hybridized carbons (Fsp3) is 0.588. The Morgan fingerprint density at radius 2 is 1.96 bits per heavy atom. The van der Waals surface area contributed by atoms with Gasteiger partial charge in [0.1, 0.15) is 6.10 Å². The summed E-state index contributed by atoms with van der Waals surface area (Å²) in [5.41, 5.74) is 0. The first-order valence-electron chi connectivity index (χ1n) is 7.83. The average Bonchev–Trinajstić information content (AvgIpc) is 2.53. The average molecular weight is 435 g/mol. The van der Waals surface area contributed by atoms with E-state index in [0.29, 0.717) is 6.54 Å². The van der Waals surface area contributed by atoms with Crippen molar-refractivity contribution >= 4 is 29.9 Å². The first-order chi connectivity index (χ1) is 10.6. The number of hydrogen-bond donors (Lipinski definition) is 1. The van der Waals surface area contributed by atoms with Gasteiger partial charge in [-0.2, -0.15) is 0 Å². The Hall–Kier alpha value is -1.18. The van der Waals surface area contributed by atoms with E-state index in [4.69, 9.17) is 9.47 Å². The van der Waals surface area contributed by atoms with Crippen molar-refractivity contribution in [2.45, 2.75) is 32.8 Å². The molecule has 5 nitrogen and oxygen atoms in total. The molecule has 0 saturated heterocycles. The van der Waals surface area contributed by atoms with Crippen molar-refractivity contribution in [1.29, 1.82) is 0 Å². The van der Waals surface area contributed by atoms with Gasteiger partial charge < -0.3 is 19.7 Å². The van der Waals surface area contributed by atoms with E-state index in [0.717, 1.165) is 30.4 Å². The third kappa shape index (κ3) is 7.76. The van der Waals surface area contributed by atoms with Gasteiger partial charge in [-0.3, -0.25) is 4.99 Å². The second kappa shape index (κ2) is 12.3. The molecule has 1 unspecified atom stereocenters. The number of nitrogens with zero attached hydrogens (tertiary/aromatic N) is 2. The number of aliphatic imine (C=N–C) groups is 1.